The lowest BCUT2D eigenvalue weighted by molar-refractivity contribution is -0.138. The van der Waals surface area contributed by atoms with E-state index in [9.17, 15) is 23.4 Å². The second kappa shape index (κ2) is 11.1. The molecule has 0 saturated heterocycles. The lowest BCUT2D eigenvalue weighted by Gasteiger charge is -2.29. The molecule has 202 valence electrons. The van der Waals surface area contributed by atoms with Crippen molar-refractivity contribution in [2.75, 3.05) is 11.3 Å². The summed E-state index contributed by atoms with van der Waals surface area (Å²) < 4.78 is 34.5. The lowest BCUT2D eigenvalue weighted by atomic mass is 9.90. The third kappa shape index (κ3) is 6.53. The van der Waals surface area contributed by atoms with E-state index in [1.807, 2.05) is 45.0 Å². The Labute approximate surface area is 223 Å². The zero-order chi connectivity index (χ0) is 27.5. The minimum Gasteiger partial charge on any atom is -0.489 e. The minimum absolute atomic E-state index is 0.126. The summed E-state index contributed by atoms with van der Waals surface area (Å²) in [5.74, 6) is -0.901. The van der Waals surface area contributed by atoms with Crippen LogP contribution in [0.5, 0.6) is 5.75 Å². The van der Waals surface area contributed by atoms with Gasteiger partial charge in [-0.2, -0.15) is 0 Å². The molecule has 2 unspecified atom stereocenters. The number of anilines is 1. The first kappa shape index (κ1) is 27.6. The molecule has 0 aromatic heterocycles. The van der Waals surface area contributed by atoms with Gasteiger partial charge in [-0.05, 0) is 61.6 Å². The maximum Gasteiger partial charge on any atom is 0.310 e. The molecule has 4 bridgehead atoms. The molecule has 3 aromatic carbocycles. The van der Waals surface area contributed by atoms with E-state index in [1.54, 1.807) is 36.4 Å². The first-order valence-corrected chi connectivity index (χ1v) is 14.1. The Morgan fingerprint density at radius 1 is 1.11 bits per heavy atom. The number of aliphatic hydroxyl groups is 1. The lowest BCUT2D eigenvalue weighted by Crippen LogP contribution is -2.43. The van der Waals surface area contributed by atoms with Crippen LogP contribution in [0.15, 0.2) is 71.6 Å². The molecule has 0 saturated carbocycles. The van der Waals surface area contributed by atoms with Crippen LogP contribution in [0.3, 0.4) is 0 Å². The molecule has 8 nitrogen and oxygen atoms in total. The molecule has 1 aliphatic rings. The number of fused-ring (bicyclic) bond motifs is 4. The third-order valence-corrected chi connectivity index (χ3v) is 8.09. The molecule has 0 radical (unpaired) electrons. The van der Waals surface area contributed by atoms with Crippen molar-refractivity contribution in [1.29, 1.82) is 0 Å². The van der Waals surface area contributed by atoms with Gasteiger partial charge in [0.1, 0.15) is 12.4 Å². The molecule has 0 fully saturated rings. The molecule has 4 N–H and O–H groups in total. The van der Waals surface area contributed by atoms with E-state index in [1.165, 1.54) is 6.07 Å². The van der Waals surface area contributed by atoms with Crippen molar-refractivity contribution in [3.05, 3.63) is 89.0 Å². The van der Waals surface area contributed by atoms with Crippen molar-refractivity contribution in [3.63, 3.8) is 0 Å². The van der Waals surface area contributed by atoms with Crippen LogP contribution in [0.25, 0.3) is 0 Å². The average molecular weight is 539 g/mol. The molecule has 1 heterocycles. The smallest absolute Gasteiger partial charge is 0.310 e. The summed E-state index contributed by atoms with van der Waals surface area (Å²) in [4.78, 5) is 11.7. The minimum atomic E-state index is -3.86. The van der Waals surface area contributed by atoms with Gasteiger partial charge in [0.05, 0.1) is 22.6 Å². The fraction of sp³-hybridized carbons (Fsp3) is 0.345. The Kier molecular flexibility index (Phi) is 8.10. The van der Waals surface area contributed by atoms with Crippen LogP contribution in [0.2, 0.25) is 0 Å². The maximum atomic E-state index is 13.0. The van der Waals surface area contributed by atoms with Crippen LogP contribution in [-0.2, 0) is 27.8 Å². The molecule has 0 amide bonds. The van der Waals surface area contributed by atoms with Crippen LogP contribution in [0.4, 0.5) is 5.69 Å². The summed E-state index contributed by atoms with van der Waals surface area (Å²) in [6, 6.07) is 19.1. The number of sulfonamides is 1. The van der Waals surface area contributed by atoms with Crippen LogP contribution >= 0.6 is 0 Å². The van der Waals surface area contributed by atoms with E-state index in [0.29, 0.717) is 24.2 Å². The van der Waals surface area contributed by atoms with Crippen molar-refractivity contribution < 1.29 is 28.2 Å². The number of nitrogens with one attached hydrogen (secondary N) is 2. The van der Waals surface area contributed by atoms with Gasteiger partial charge in [0.2, 0.25) is 0 Å². The van der Waals surface area contributed by atoms with Crippen LogP contribution in [0.1, 0.15) is 61.5 Å². The molecule has 9 heteroatoms. The number of hydrogen-bond donors (Lipinski definition) is 4. The van der Waals surface area contributed by atoms with Crippen LogP contribution in [0, 0.1) is 0 Å². The number of carboxylic acids is 1. The number of carbonyl (C=O) groups is 1. The Balaban J connectivity index is 1.49. The summed E-state index contributed by atoms with van der Waals surface area (Å²) in [6.45, 7) is 6.26. The Hall–Kier alpha value is -3.40. The average Bonchev–Trinajstić information content (AvgIpc) is 2.86. The molecule has 0 spiro atoms. The number of aliphatic hydroxyl groups excluding tert-OH is 1. The number of aliphatic carboxylic acids is 1. The summed E-state index contributed by atoms with van der Waals surface area (Å²) >= 11 is 0. The Morgan fingerprint density at radius 3 is 2.61 bits per heavy atom. The van der Waals surface area contributed by atoms with Crippen molar-refractivity contribution >= 4 is 21.7 Å². The van der Waals surface area contributed by atoms with E-state index >= 15 is 0 Å². The highest BCUT2D eigenvalue weighted by molar-refractivity contribution is 7.92. The molecule has 0 aliphatic carbocycles. The number of ether oxygens (including phenoxy) is 1. The SMILES string of the molecule is CCC(C(=O)O)c1cccc(CC(C)(C)NCC(O)c2ccc3cc2NS(=O)(=O)c2cccc(c2)CO3)c1. The molecule has 3 aromatic rings. The van der Waals surface area contributed by atoms with Crippen molar-refractivity contribution in [2.45, 2.75) is 62.7 Å². The van der Waals surface area contributed by atoms with Crippen LogP contribution < -0.4 is 14.8 Å². The first-order chi connectivity index (χ1) is 18.0. The van der Waals surface area contributed by atoms with Crippen molar-refractivity contribution in [3.8, 4) is 5.75 Å². The predicted molar refractivity (Wildman–Crippen MR) is 146 cm³/mol. The normalized spacial score (nSPS) is 16.0. The molecule has 38 heavy (non-hydrogen) atoms. The molecule has 1 aliphatic heterocycles. The first-order valence-electron chi connectivity index (χ1n) is 12.6. The maximum absolute atomic E-state index is 13.0. The van der Waals surface area contributed by atoms with E-state index < -0.39 is 33.6 Å². The highest BCUT2D eigenvalue weighted by Gasteiger charge is 2.25. The highest BCUT2D eigenvalue weighted by Crippen LogP contribution is 2.32. The summed E-state index contributed by atoms with van der Waals surface area (Å²) in [5.41, 5.74) is 2.75. The Bertz CT molecular complexity index is 1420. The van der Waals surface area contributed by atoms with Gasteiger partial charge >= 0.3 is 5.97 Å². The predicted octanol–water partition coefficient (Wildman–Crippen LogP) is 4.60. The molecular formula is C29H34N2O6S. The van der Waals surface area contributed by atoms with E-state index in [4.69, 9.17) is 4.74 Å². The van der Waals surface area contributed by atoms with Gasteiger partial charge in [-0.3, -0.25) is 9.52 Å². The number of carboxylic acid groups (broad SMARTS) is 1. The van der Waals surface area contributed by atoms with Gasteiger partial charge in [-0.1, -0.05) is 49.4 Å². The quantitative estimate of drug-likeness (QED) is 0.314. The highest BCUT2D eigenvalue weighted by atomic mass is 32.2. The van der Waals surface area contributed by atoms with Gasteiger partial charge < -0.3 is 20.3 Å². The molecular weight excluding hydrogens is 504 g/mol. The van der Waals surface area contributed by atoms with Gasteiger partial charge in [0.15, 0.2) is 0 Å². The monoisotopic (exact) mass is 538 g/mol. The number of hydrogen-bond acceptors (Lipinski definition) is 6. The summed E-state index contributed by atoms with van der Waals surface area (Å²) in [7, 11) is -3.86. The van der Waals surface area contributed by atoms with Gasteiger partial charge in [0, 0.05) is 23.7 Å². The topological polar surface area (TPSA) is 125 Å². The summed E-state index contributed by atoms with van der Waals surface area (Å²) in [6.07, 6.45) is 0.110. The van der Waals surface area contributed by atoms with Gasteiger partial charge in [-0.15, -0.1) is 0 Å². The summed E-state index contributed by atoms with van der Waals surface area (Å²) in [5, 5.41) is 24.0. The second-order valence-corrected chi connectivity index (χ2v) is 12.0. The molecule has 4 rings (SSSR count). The van der Waals surface area contributed by atoms with Crippen LogP contribution in [-0.4, -0.2) is 36.7 Å². The van der Waals surface area contributed by atoms with E-state index in [2.05, 4.69) is 10.0 Å². The fourth-order valence-electron chi connectivity index (χ4n) is 4.71. The van der Waals surface area contributed by atoms with Gasteiger partial charge in [0.25, 0.3) is 10.0 Å². The van der Waals surface area contributed by atoms with E-state index in [-0.39, 0.29) is 23.7 Å². The second-order valence-electron chi connectivity index (χ2n) is 10.3. The number of β-amino-alcohol motifs (C(OH)–C–C–N with tert-alkyl or cyclic N) is 1. The zero-order valence-corrected chi connectivity index (χ0v) is 22.6. The zero-order valence-electron chi connectivity index (χ0n) is 21.8. The van der Waals surface area contributed by atoms with Crippen molar-refractivity contribution in [1.82, 2.24) is 5.32 Å². The number of benzene rings is 3. The number of rotatable bonds is 9. The molecule has 2 atom stereocenters. The largest absolute Gasteiger partial charge is 0.489 e. The van der Waals surface area contributed by atoms with Gasteiger partial charge in [-0.25, -0.2) is 8.42 Å². The standard InChI is InChI=1S/C29H34N2O6S/c1-4-24(28(33)34)21-9-5-7-19(13-21)16-29(2,3)30-17-27(32)25-12-11-22-15-26(25)31-38(35,36)23-10-6-8-20(14-23)18-37-22/h5-15,24,27,30-32H,4,16-18H2,1-3H3,(H,33,34). The fourth-order valence-corrected chi connectivity index (χ4v) is 5.85. The van der Waals surface area contributed by atoms with E-state index in [0.717, 1.165) is 16.7 Å². The Morgan fingerprint density at radius 2 is 1.87 bits per heavy atom. The van der Waals surface area contributed by atoms with Crippen molar-refractivity contribution in [2.24, 2.45) is 0 Å². The third-order valence-electron chi connectivity index (χ3n) is 6.72.